The average molecular weight is 253 g/mol. The maximum atomic E-state index is 10.9. The molecule has 100 valence electrons. The van der Waals surface area contributed by atoms with E-state index in [1.54, 1.807) is 6.07 Å². The minimum absolute atomic E-state index is 0.0791. The van der Waals surface area contributed by atoms with Crippen LogP contribution < -0.4 is 10.1 Å². The molecule has 0 amide bonds. The summed E-state index contributed by atoms with van der Waals surface area (Å²) in [6, 6.07) is 3.01. The van der Waals surface area contributed by atoms with E-state index in [-0.39, 0.29) is 17.7 Å². The summed E-state index contributed by atoms with van der Waals surface area (Å²) < 4.78 is 5.48. The molecule has 18 heavy (non-hydrogen) atoms. The number of rotatable bonds is 7. The second-order valence-corrected chi connectivity index (χ2v) is 4.04. The highest BCUT2D eigenvalue weighted by Gasteiger charge is 2.19. The Morgan fingerprint density at radius 2 is 2.22 bits per heavy atom. The van der Waals surface area contributed by atoms with Crippen molar-refractivity contribution in [3.8, 4) is 5.88 Å². The Morgan fingerprint density at radius 1 is 1.50 bits per heavy atom. The lowest BCUT2D eigenvalue weighted by molar-refractivity contribution is -0.386. The number of hydrogen-bond donors (Lipinski definition) is 1. The van der Waals surface area contributed by atoms with Crippen molar-refractivity contribution >= 4 is 11.5 Å². The van der Waals surface area contributed by atoms with Gasteiger partial charge in [0.2, 0.25) is 0 Å². The second-order valence-electron chi connectivity index (χ2n) is 4.04. The molecule has 0 aliphatic rings. The molecule has 1 aromatic rings. The van der Waals surface area contributed by atoms with E-state index in [9.17, 15) is 10.1 Å². The summed E-state index contributed by atoms with van der Waals surface area (Å²) in [4.78, 5) is 14.5. The van der Waals surface area contributed by atoms with Gasteiger partial charge in [-0.25, -0.2) is 0 Å². The first kappa shape index (κ1) is 14.2. The molecule has 1 aromatic heterocycles. The summed E-state index contributed by atoms with van der Waals surface area (Å²) in [7, 11) is 0. The zero-order valence-electron chi connectivity index (χ0n) is 11.0. The number of nitrogens with zero attached hydrogens (tertiary/aromatic N) is 2. The number of ether oxygens (including phenoxy) is 1. The van der Waals surface area contributed by atoms with Crippen LogP contribution in [0.2, 0.25) is 0 Å². The van der Waals surface area contributed by atoms with Crippen LogP contribution in [-0.2, 0) is 0 Å². The minimum Gasteiger partial charge on any atom is -0.470 e. The Labute approximate surface area is 107 Å². The first-order valence-corrected chi connectivity index (χ1v) is 6.14. The molecule has 1 heterocycles. The van der Waals surface area contributed by atoms with Crippen LogP contribution in [0.1, 0.15) is 33.6 Å². The summed E-state index contributed by atoms with van der Waals surface area (Å²) >= 11 is 0. The van der Waals surface area contributed by atoms with Crippen LogP contribution in [0.15, 0.2) is 12.1 Å². The molecule has 1 unspecified atom stereocenters. The normalized spacial score (nSPS) is 11.9. The van der Waals surface area contributed by atoms with Crippen LogP contribution in [0, 0.1) is 10.1 Å². The van der Waals surface area contributed by atoms with E-state index >= 15 is 0 Å². The molecule has 1 N–H and O–H groups in total. The number of hydrogen-bond acceptors (Lipinski definition) is 5. The van der Waals surface area contributed by atoms with E-state index in [0.717, 1.165) is 19.4 Å². The van der Waals surface area contributed by atoms with Crippen molar-refractivity contribution in [2.75, 3.05) is 11.9 Å². The summed E-state index contributed by atoms with van der Waals surface area (Å²) in [5.41, 5.74) is -0.0997. The first-order chi connectivity index (χ1) is 8.58. The van der Waals surface area contributed by atoms with Crippen molar-refractivity contribution in [1.82, 2.24) is 4.98 Å². The predicted molar refractivity (Wildman–Crippen MR) is 70.1 cm³/mol. The number of anilines is 1. The zero-order chi connectivity index (χ0) is 13.5. The van der Waals surface area contributed by atoms with Crippen molar-refractivity contribution < 1.29 is 9.66 Å². The van der Waals surface area contributed by atoms with Gasteiger partial charge in [0.25, 0.3) is 5.88 Å². The molecule has 0 saturated carbocycles. The molecule has 0 bridgehead atoms. The lowest BCUT2D eigenvalue weighted by Gasteiger charge is -2.12. The van der Waals surface area contributed by atoms with Gasteiger partial charge in [-0.05, 0) is 25.8 Å². The monoisotopic (exact) mass is 253 g/mol. The van der Waals surface area contributed by atoms with Gasteiger partial charge in [0.05, 0.1) is 11.0 Å². The van der Waals surface area contributed by atoms with E-state index in [0.29, 0.717) is 5.82 Å². The Morgan fingerprint density at radius 3 is 2.78 bits per heavy atom. The molecular weight excluding hydrogens is 234 g/mol. The molecule has 0 aliphatic heterocycles. The number of nitro groups is 1. The summed E-state index contributed by atoms with van der Waals surface area (Å²) in [6.07, 6.45) is 1.63. The van der Waals surface area contributed by atoms with Crippen molar-refractivity contribution in [2.45, 2.75) is 39.7 Å². The fraction of sp³-hybridized carbons (Fsp3) is 0.583. The quantitative estimate of drug-likeness (QED) is 0.597. The van der Waals surface area contributed by atoms with Gasteiger partial charge < -0.3 is 10.1 Å². The molecule has 0 aliphatic carbocycles. The van der Waals surface area contributed by atoms with Crippen LogP contribution in [-0.4, -0.2) is 22.6 Å². The Kier molecular flexibility index (Phi) is 5.35. The van der Waals surface area contributed by atoms with Crippen molar-refractivity contribution in [3.63, 3.8) is 0 Å². The van der Waals surface area contributed by atoms with Crippen LogP contribution in [0.5, 0.6) is 5.88 Å². The molecule has 1 atom stereocenters. The van der Waals surface area contributed by atoms with Gasteiger partial charge in [-0.1, -0.05) is 13.8 Å². The smallest absolute Gasteiger partial charge is 0.331 e. The highest BCUT2D eigenvalue weighted by atomic mass is 16.6. The van der Waals surface area contributed by atoms with E-state index in [1.807, 2.05) is 20.8 Å². The Bertz CT molecular complexity index is 410. The average Bonchev–Trinajstić information content (AvgIpc) is 2.36. The molecule has 6 heteroatoms. The maximum absolute atomic E-state index is 10.9. The molecule has 0 fully saturated rings. The third-order valence-corrected chi connectivity index (χ3v) is 2.48. The molecule has 0 spiro atoms. The van der Waals surface area contributed by atoms with E-state index in [1.165, 1.54) is 6.07 Å². The lowest BCUT2D eigenvalue weighted by Crippen LogP contribution is -2.13. The summed E-state index contributed by atoms with van der Waals surface area (Å²) in [6.45, 7) is 6.62. The van der Waals surface area contributed by atoms with Crippen LogP contribution >= 0.6 is 0 Å². The van der Waals surface area contributed by atoms with Gasteiger partial charge in [0.15, 0.2) is 0 Å². The SMILES string of the molecule is CCCNc1ccc([N+](=O)[O-])c(OC(C)CC)n1. The van der Waals surface area contributed by atoms with Gasteiger partial charge in [-0.15, -0.1) is 0 Å². The van der Waals surface area contributed by atoms with Gasteiger partial charge in [-0.2, -0.15) is 4.98 Å². The summed E-state index contributed by atoms with van der Waals surface area (Å²) in [5, 5.41) is 14.0. The highest BCUT2D eigenvalue weighted by molar-refractivity contribution is 5.49. The zero-order valence-corrected chi connectivity index (χ0v) is 11.0. The minimum atomic E-state index is -0.478. The number of aromatic nitrogens is 1. The van der Waals surface area contributed by atoms with E-state index < -0.39 is 4.92 Å². The fourth-order valence-electron chi connectivity index (χ4n) is 1.28. The third-order valence-electron chi connectivity index (χ3n) is 2.48. The predicted octanol–water partition coefficient (Wildman–Crippen LogP) is 2.99. The number of nitrogens with one attached hydrogen (secondary N) is 1. The van der Waals surface area contributed by atoms with Gasteiger partial charge in [-0.3, -0.25) is 10.1 Å². The van der Waals surface area contributed by atoms with Gasteiger partial charge >= 0.3 is 5.69 Å². The van der Waals surface area contributed by atoms with Crippen molar-refractivity contribution in [3.05, 3.63) is 22.2 Å². The maximum Gasteiger partial charge on any atom is 0.331 e. The van der Waals surface area contributed by atoms with Gasteiger partial charge in [0, 0.05) is 12.6 Å². The van der Waals surface area contributed by atoms with Crippen LogP contribution in [0.4, 0.5) is 11.5 Å². The fourth-order valence-corrected chi connectivity index (χ4v) is 1.28. The highest BCUT2D eigenvalue weighted by Crippen LogP contribution is 2.27. The standard InChI is InChI=1S/C12H19N3O3/c1-4-8-13-11-7-6-10(15(16)17)12(14-11)18-9(3)5-2/h6-7,9H,4-5,8H2,1-3H3,(H,13,14). The third kappa shape index (κ3) is 3.87. The molecule has 0 aromatic carbocycles. The topological polar surface area (TPSA) is 77.3 Å². The lowest BCUT2D eigenvalue weighted by atomic mass is 10.3. The van der Waals surface area contributed by atoms with Gasteiger partial charge in [0.1, 0.15) is 5.82 Å². The Balaban J connectivity index is 2.95. The molecule has 0 saturated heterocycles. The number of pyridine rings is 1. The van der Waals surface area contributed by atoms with E-state index in [2.05, 4.69) is 10.3 Å². The van der Waals surface area contributed by atoms with Crippen molar-refractivity contribution in [2.24, 2.45) is 0 Å². The Hall–Kier alpha value is -1.85. The van der Waals surface area contributed by atoms with Crippen LogP contribution in [0.3, 0.4) is 0 Å². The van der Waals surface area contributed by atoms with Crippen molar-refractivity contribution in [1.29, 1.82) is 0 Å². The molecule has 0 radical (unpaired) electrons. The van der Waals surface area contributed by atoms with E-state index in [4.69, 9.17) is 4.74 Å². The molecule has 6 nitrogen and oxygen atoms in total. The first-order valence-electron chi connectivity index (χ1n) is 6.14. The largest absolute Gasteiger partial charge is 0.470 e. The summed E-state index contributed by atoms with van der Waals surface area (Å²) in [5.74, 6) is 0.677. The van der Waals surface area contributed by atoms with Crippen LogP contribution in [0.25, 0.3) is 0 Å². The molecular formula is C12H19N3O3. The second kappa shape index (κ2) is 6.78. The molecule has 1 rings (SSSR count).